The molecule has 0 atom stereocenters. The van der Waals surface area contributed by atoms with Crippen LogP contribution in [0.4, 0.5) is 0 Å². The average Bonchev–Trinajstić information content (AvgIpc) is 2.66. The Morgan fingerprint density at radius 2 is 1.32 bits per heavy atom. The summed E-state index contributed by atoms with van der Waals surface area (Å²) in [4.78, 5) is 4.92. The minimum Gasteiger partial charge on any atom is -0.388 e. The Morgan fingerprint density at radius 1 is 0.821 bits per heavy atom. The Bertz CT molecular complexity index is 1020. The van der Waals surface area contributed by atoms with Crippen molar-refractivity contribution in [2.45, 2.75) is 0 Å². The summed E-state index contributed by atoms with van der Waals surface area (Å²) in [6, 6.07) is 8.38. The molecular formula is C18H6Cl2N4O4. The molecule has 0 aliphatic heterocycles. The van der Waals surface area contributed by atoms with Crippen LogP contribution >= 0.6 is 23.2 Å². The predicted molar refractivity (Wildman–Crippen MR) is 96.6 cm³/mol. The van der Waals surface area contributed by atoms with E-state index in [1.54, 1.807) is 0 Å². The maximum atomic E-state index is 8.92. The Labute approximate surface area is 169 Å². The fraction of sp³-hybridized carbons (Fsp3) is 0. The van der Waals surface area contributed by atoms with Crippen molar-refractivity contribution in [2.75, 3.05) is 0 Å². The van der Waals surface area contributed by atoms with E-state index < -0.39 is 0 Å². The zero-order valence-corrected chi connectivity index (χ0v) is 15.2. The van der Waals surface area contributed by atoms with E-state index in [4.69, 9.17) is 64.6 Å². The van der Waals surface area contributed by atoms with Gasteiger partial charge < -0.3 is 14.2 Å². The fourth-order valence-electron chi connectivity index (χ4n) is 2.26. The molecule has 0 aromatic heterocycles. The third-order valence-electron chi connectivity index (χ3n) is 3.26. The van der Waals surface area contributed by atoms with Gasteiger partial charge in [-0.15, -0.1) is 15.8 Å². The summed E-state index contributed by atoms with van der Waals surface area (Å²) in [6.45, 7) is 6.94. The zero-order valence-electron chi connectivity index (χ0n) is 13.6. The highest BCUT2D eigenvalue weighted by molar-refractivity contribution is 6.59. The third kappa shape index (κ3) is 4.55. The highest BCUT2D eigenvalue weighted by Gasteiger charge is 2.22. The molecule has 2 rings (SSSR count). The van der Waals surface area contributed by atoms with Gasteiger partial charge in [-0.1, -0.05) is 23.2 Å². The second-order valence-corrected chi connectivity index (χ2v) is 5.66. The van der Waals surface area contributed by atoms with Crippen LogP contribution in [0.5, 0.6) is 23.0 Å². The van der Waals surface area contributed by atoms with E-state index in [0.717, 1.165) is 0 Å². The van der Waals surface area contributed by atoms with E-state index in [-0.39, 0.29) is 44.2 Å². The van der Waals surface area contributed by atoms with Gasteiger partial charge in [0, 0.05) is 28.8 Å². The standard InChI is InChI=1S/C18H6Cl2N4O4/c1-24-28-16-7-12(26-9-22)3-5-14(16)17(18(19)20)13-4-2-11(25-8-21)6-15(13)27-10-23/h2-7H. The van der Waals surface area contributed by atoms with Crippen molar-refractivity contribution < 1.29 is 19.0 Å². The summed E-state index contributed by atoms with van der Waals surface area (Å²) < 4.78 is 14.2. The van der Waals surface area contributed by atoms with Crippen molar-refractivity contribution in [3.8, 4) is 41.8 Å². The number of nitriles is 3. The SMILES string of the molecule is [C-]#[N+]Oc1cc(OC#N)ccc1C(=C(Cl)Cl)c1ccc(OC#N)cc1OC#N. The van der Waals surface area contributed by atoms with E-state index in [1.807, 2.05) is 0 Å². The van der Waals surface area contributed by atoms with E-state index in [1.165, 1.54) is 55.2 Å². The van der Waals surface area contributed by atoms with Gasteiger partial charge in [0.05, 0.1) is 0 Å². The fourth-order valence-corrected chi connectivity index (χ4v) is 2.66. The van der Waals surface area contributed by atoms with E-state index in [9.17, 15) is 0 Å². The smallest absolute Gasteiger partial charge is 0.292 e. The van der Waals surface area contributed by atoms with Gasteiger partial charge in [0.2, 0.25) is 5.75 Å². The number of hydrogen-bond donors (Lipinski definition) is 0. The summed E-state index contributed by atoms with van der Waals surface area (Å²) in [6.07, 6.45) is 4.53. The summed E-state index contributed by atoms with van der Waals surface area (Å²) in [5, 5.41) is 29.1. The molecule has 0 aliphatic carbocycles. The molecule has 0 heterocycles. The number of hydrogen-bond acceptors (Lipinski definition) is 7. The maximum absolute atomic E-state index is 8.92. The van der Waals surface area contributed by atoms with Crippen molar-refractivity contribution in [3.63, 3.8) is 0 Å². The molecule has 0 aliphatic rings. The Morgan fingerprint density at radius 3 is 1.79 bits per heavy atom. The lowest BCUT2D eigenvalue weighted by Crippen LogP contribution is -1.98. The number of nitrogens with zero attached hydrogens (tertiary/aromatic N) is 4. The number of rotatable bonds is 6. The van der Waals surface area contributed by atoms with Crippen molar-refractivity contribution in [2.24, 2.45) is 0 Å². The molecule has 0 amide bonds. The van der Waals surface area contributed by atoms with Crippen molar-refractivity contribution in [1.82, 2.24) is 0 Å². The number of benzene rings is 2. The first-order chi connectivity index (χ1) is 13.5. The normalized spacial score (nSPS) is 8.93. The van der Waals surface area contributed by atoms with Gasteiger partial charge in [-0.05, 0) is 29.3 Å². The van der Waals surface area contributed by atoms with Crippen LogP contribution in [0, 0.1) is 41.1 Å². The topological polar surface area (TPSA) is 113 Å². The maximum Gasteiger partial charge on any atom is 0.292 e. The number of ether oxygens (including phenoxy) is 3. The minimum atomic E-state index is -0.222. The van der Waals surface area contributed by atoms with Gasteiger partial charge in [-0.3, -0.25) is 0 Å². The highest BCUT2D eigenvalue weighted by atomic mass is 35.5. The van der Waals surface area contributed by atoms with Crippen LogP contribution in [0.15, 0.2) is 40.9 Å². The van der Waals surface area contributed by atoms with Crippen LogP contribution in [-0.4, -0.2) is 0 Å². The first-order valence-electron chi connectivity index (χ1n) is 7.11. The molecular weight excluding hydrogens is 407 g/mol. The molecule has 2 aromatic carbocycles. The molecule has 10 heteroatoms. The van der Waals surface area contributed by atoms with Gasteiger partial charge in [0.1, 0.15) is 16.0 Å². The van der Waals surface area contributed by atoms with Crippen molar-refractivity contribution >= 4 is 28.8 Å². The lowest BCUT2D eigenvalue weighted by Gasteiger charge is -2.14. The minimum absolute atomic E-state index is 0.00295. The Balaban J connectivity index is 2.71. The molecule has 0 saturated carbocycles. The summed E-state index contributed by atoms with van der Waals surface area (Å²) >= 11 is 12.1. The predicted octanol–water partition coefficient (Wildman–Crippen LogP) is 4.67. The van der Waals surface area contributed by atoms with Crippen LogP contribution in [-0.2, 0) is 0 Å². The van der Waals surface area contributed by atoms with Crippen LogP contribution in [0.25, 0.3) is 10.6 Å². The monoisotopic (exact) mass is 412 g/mol. The van der Waals surface area contributed by atoms with Gasteiger partial charge in [-0.2, -0.15) is 11.4 Å². The molecule has 0 radical (unpaired) electrons. The Hall–Kier alpha value is -4.08. The lowest BCUT2D eigenvalue weighted by molar-refractivity contribution is 0.460. The molecule has 0 spiro atoms. The summed E-state index contributed by atoms with van der Waals surface area (Å²) in [7, 11) is 0. The molecule has 28 heavy (non-hydrogen) atoms. The molecule has 136 valence electrons. The van der Waals surface area contributed by atoms with Gasteiger partial charge in [0.15, 0.2) is 5.75 Å². The van der Waals surface area contributed by atoms with E-state index in [0.29, 0.717) is 0 Å². The molecule has 2 aromatic rings. The zero-order chi connectivity index (χ0) is 20.5. The molecule has 0 bridgehead atoms. The molecule has 0 fully saturated rings. The molecule has 0 unspecified atom stereocenters. The summed E-state index contributed by atoms with van der Waals surface area (Å²) in [5.74, 6) is 0.241. The lowest BCUT2D eigenvalue weighted by atomic mass is 9.97. The van der Waals surface area contributed by atoms with Crippen LogP contribution < -0.4 is 19.0 Å². The largest absolute Gasteiger partial charge is 0.388 e. The quantitative estimate of drug-likeness (QED) is 0.384. The average molecular weight is 413 g/mol. The summed E-state index contributed by atoms with van der Waals surface area (Å²) in [5.41, 5.74) is 0.688. The Kier molecular flexibility index (Phi) is 6.92. The van der Waals surface area contributed by atoms with Crippen molar-refractivity contribution in [1.29, 1.82) is 15.8 Å². The van der Waals surface area contributed by atoms with Gasteiger partial charge >= 0.3 is 0 Å². The molecule has 0 saturated heterocycles. The second-order valence-electron chi connectivity index (χ2n) is 4.71. The van der Waals surface area contributed by atoms with Gasteiger partial charge in [0.25, 0.3) is 18.8 Å². The van der Waals surface area contributed by atoms with Crippen LogP contribution in [0.2, 0.25) is 0 Å². The number of halogens is 2. The first-order valence-corrected chi connectivity index (χ1v) is 7.87. The molecule has 8 nitrogen and oxygen atoms in total. The molecule has 0 N–H and O–H groups in total. The van der Waals surface area contributed by atoms with E-state index >= 15 is 0 Å². The second kappa shape index (κ2) is 9.57. The van der Waals surface area contributed by atoms with Gasteiger partial charge in [-0.25, -0.2) is 0 Å². The van der Waals surface area contributed by atoms with Crippen LogP contribution in [0.1, 0.15) is 11.1 Å². The highest BCUT2D eigenvalue weighted by Crippen LogP contribution is 2.42. The van der Waals surface area contributed by atoms with Crippen LogP contribution in [0.3, 0.4) is 0 Å². The van der Waals surface area contributed by atoms with E-state index in [2.05, 4.69) is 5.01 Å². The van der Waals surface area contributed by atoms with Crippen molar-refractivity contribution in [3.05, 3.63) is 63.6 Å². The third-order valence-corrected chi connectivity index (χ3v) is 3.64. The first kappa shape index (κ1) is 20.2.